The Morgan fingerprint density at radius 2 is 2.00 bits per heavy atom. The Bertz CT molecular complexity index is 472. The van der Waals surface area contributed by atoms with Gasteiger partial charge in [-0.25, -0.2) is 4.79 Å². The molecule has 6 heteroatoms. The molecule has 0 saturated carbocycles. The van der Waals surface area contributed by atoms with Gasteiger partial charge in [-0.15, -0.1) is 5.10 Å². The van der Waals surface area contributed by atoms with Gasteiger partial charge in [-0.2, -0.15) is 5.10 Å². The van der Waals surface area contributed by atoms with E-state index in [1.54, 1.807) is 13.8 Å². The Labute approximate surface area is 113 Å². The van der Waals surface area contributed by atoms with Crippen molar-refractivity contribution in [3.8, 4) is 0 Å². The second kappa shape index (κ2) is 5.97. The number of ether oxygens (including phenoxy) is 1. The number of aromatic carboxylic acids is 1. The first-order valence-corrected chi connectivity index (χ1v) is 6.23. The fraction of sp³-hybridized carbons (Fsp3) is 0.615. The number of aromatic nitrogens is 2. The Kier molecular flexibility index (Phi) is 4.83. The molecule has 0 fully saturated rings. The summed E-state index contributed by atoms with van der Waals surface area (Å²) in [5, 5.41) is 20.2. The third-order valence-electron chi connectivity index (χ3n) is 2.89. The number of aryl methyl sites for hydroxylation is 1. The number of carbonyl (C=O) groups is 1. The molecule has 0 saturated heterocycles. The topological polar surface area (TPSA) is 84.3 Å². The molecule has 2 N–H and O–H groups in total. The molecule has 0 bridgehead atoms. The number of carboxylic acids is 1. The van der Waals surface area contributed by atoms with Crippen LogP contribution in [0.3, 0.4) is 0 Å². The highest BCUT2D eigenvalue weighted by atomic mass is 16.5. The van der Waals surface area contributed by atoms with Crippen LogP contribution in [0.25, 0.3) is 0 Å². The van der Waals surface area contributed by atoms with Gasteiger partial charge in [0, 0.05) is 13.2 Å². The average molecular weight is 267 g/mol. The van der Waals surface area contributed by atoms with Gasteiger partial charge in [-0.1, -0.05) is 0 Å². The summed E-state index contributed by atoms with van der Waals surface area (Å²) in [6.45, 7) is 10.3. The molecule has 0 aliphatic carbocycles. The normalized spacial score (nSPS) is 11.4. The molecule has 0 atom stereocenters. The zero-order chi connectivity index (χ0) is 14.6. The highest BCUT2D eigenvalue weighted by Gasteiger charge is 2.21. The maximum absolute atomic E-state index is 11.3. The summed E-state index contributed by atoms with van der Waals surface area (Å²) in [6, 6.07) is 0. The molecule has 0 radical (unpaired) electrons. The molecule has 0 unspecified atom stereocenters. The van der Waals surface area contributed by atoms with Gasteiger partial charge in [0.25, 0.3) is 0 Å². The molecule has 6 nitrogen and oxygen atoms in total. The van der Waals surface area contributed by atoms with Crippen molar-refractivity contribution < 1.29 is 14.6 Å². The molecule has 0 aliphatic heterocycles. The maximum Gasteiger partial charge on any atom is 0.339 e. The SMILES string of the molecule is CCOC(C)(C)CNc1nnc(C)c(C)c1C(=O)O. The van der Waals surface area contributed by atoms with E-state index in [1.807, 2.05) is 20.8 Å². The van der Waals surface area contributed by atoms with Crippen molar-refractivity contribution >= 4 is 11.8 Å². The molecule has 0 aliphatic rings. The van der Waals surface area contributed by atoms with Gasteiger partial charge < -0.3 is 15.2 Å². The van der Waals surface area contributed by atoms with E-state index >= 15 is 0 Å². The third kappa shape index (κ3) is 3.89. The van der Waals surface area contributed by atoms with Crippen molar-refractivity contribution in [2.75, 3.05) is 18.5 Å². The predicted octanol–water partition coefficient (Wildman–Crippen LogP) is 2.02. The molecule has 0 spiro atoms. The fourth-order valence-corrected chi connectivity index (χ4v) is 1.73. The number of hydrogen-bond acceptors (Lipinski definition) is 5. The predicted molar refractivity (Wildman–Crippen MR) is 72.7 cm³/mol. The molecule has 0 amide bonds. The number of hydrogen-bond donors (Lipinski definition) is 2. The molecule has 106 valence electrons. The molecular weight excluding hydrogens is 246 g/mol. The van der Waals surface area contributed by atoms with Crippen molar-refractivity contribution in [1.82, 2.24) is 10.2 Å². The fourth-order valence-electron chi connectivity index (χ4n) is 1.73. The minimum Gasteiger partial charge on any atom is -0.478 e. The van der Waals surface area contributed by atoms with Gasteiger partial charge in [0.15, 0.2) is 5.82 Å². The quantitative estimate of drug-likeness (QED) is 0.820. The van der Waals surface area contributed by atoms with Crippen LogP contribution in [0, 0.1) is 13.8 Å². The lowest BCUT2D eigenvalue weighted by atomic mass is 10.1. The summed E-state index contributed by atoms with van der Waals surface area (Å²) in [4.78, 5) is 11.3. The Hall–Kier alpha value is -1.69. The van der Waals surface area contributed by atoms with Crippen LogP contribution in [0.5, 0.6) is 0 Å². The highest BCUT2D eigenvalue weighted by Crippen LogP contribution is 2.19. The molecule has 0 aromatic carbocycles. The van der Waals surface area contributed by atoms with Crippen LogP contribution in [0.4, 0.5) is 5.82 Å². The first-order valence-electron chi connectivity index (χ1n) is 6.23. The van der Waals surface area contributed by atoms with Crippen LogP contribution >= 0.6 is 0 Å². The van der Waals surface area contributed by atoms with Gasteiger partial charge in [0.2, 0.25) is 0 Å². The van der Waals surface area contributed by atoms with E-state index in [4.69, 9.17) is 4.74 Å². The van der Waals surface area contributed by atoms with Crippen LogP contribution in [0.2, 0.25) is 0 Å². The number of anilines is 1. The zero-order valence-corrected chi connectivity index (χ0v) is 12.1. The van der Waals surface area contributed by atoms with Crippen molar-refractivity contribution in [1.29, 1.82) is 0 Å². The first-order chi connectivity index (χ1) is 8.78. The lowest BCUT2D eigenvalue weighted by molar-refractivity contribution is 0.000588. The Balaban J connectivity index is 2.96. The minimum atomic E-state index is -1.01. The standard InChI is InChI=1S/C13H21N3O3/c1-6-19-13(4,5)7-14-11-10(12(17)18)8(2)9(3)15-16-11/h6-7H2,1-5H3,(H,14,16)(H,17,18). The van der Waals surface area contributed by atoms with E-state index in [2.05, 4.69) is 15.5 Å². The Morgan fingerprint density at radius 3 is 2.53 bits per heavy atom. The summed E-state index contributed by atoms with van der Waals surface area (Å²) in [7, 11) is 0. The summed E-state index contributed by atoms with van der Waals surface area (Å²) in [5.41, 5.74) is 1.01. The third-order valence-corrected chi connectivity index (χ3v) is 2.89. The maximum atomic E-state index is 11.3. The smallest absolute Gasteiger partial charge is 0.339 e. The Morgan fingerprint density at radius 1 is 1.37 bits per heavy atom. The van der Waals surface area contributed by atoms with Crippen LogP contribution in [-0.4, -0.2) is 40.0 Å². The van der Waals surface area contributed by atoms with Gasteiger partial charge in [-0.3, -0.25) is 0 Å². The molecule has 19 heavy (non-hydrogen) atoms. The summed E-state index contributed by atoms with van der Waals surface area (Å²) in [5.74, 6) is -0.726. The second-order valence-corrected chi connectivity index (χ2v) is 4.99. The zero-order valence-electron chi connectivity index (χ0n) is 12.1. The number of nitrogens with one attached hydrogen (secondary N) is 1. The van der Waals surface area contributed by atoms with E-state index in [9.17, 15) is 9.90 Å². The highest BCUT2D eigenvalue weighted by molar-refractivity contribution is 5.94. The molecule has 1 rings (SSSR count). The minimum absolute atomic E-state index is 0.166. The van der Waals surface area contributed by atoms with E-state index in [0.717, 1.165) is 0 Å². The van der Waals surface area contributed by atoms with Gasteiger partial charge in [0.05, 0.1) is 11.3 Å². The molecule has 1 heterocycles. The molecule has 1 aromatic heterocycles. The largest absolute Gasteiger partial charge is 0.478 e. The van der Waals surface area contributed by atoms with Crippen molar-refractivity contribution in [3.05, 3.63) is 16.8 Å². The summed E-state index contributed by atoms with van der Waals surface area (Å²) < 4.78 is 5.55. The van der Waals surface area contributed by atoms with Gasteiger partial charge >= 0.3 is 5.97 Å². The molecule has 1 aromatic rings. The number of rotatable bonds is 6. The van der Waals surface area contributed by atoms with Crippen molar-refractivity contribution in [2.24, 2.45) is 0 Å². The monoisotopic (exact) mass is 267 g/mol. The lowest BCUT2D eigenvalue weighted by Gasteiger charge is -2.25. The van der Waals surface area contributed by atoms with E-state index in [1.165, 1.54) is 0 Å². The van der Waals surface area contributed by atoms with Gasteiger partial charge in [0.1, 0.15) is 5.56 Å². The summed E-state index contributed by atoms with van der Waals surface area (Å²) >= 11 is 0. The van der Waals surface area contributed by atoms with Gasteiger partial charge in [-0.05, 0) is 40.2 Å². The van der Waals surface area contributed by atoms with Crippen molar-refractivity contribution in [3.63, 3.8) is 0 Å². The number of carboxylic acid groups (broad SMARTS) is 1. The molecular formula is C13H21N3O3. The average Bonchev–Trinajstić information content (AvgIpc) is 2.30. The second-order valence-electron chi connectivity index (χ2n) is 4.99. The van der Waals surface area contributed by atoms with Crippen molar-refractivity contribution in [2.45, 2.75) is 40.2 Å². The van der Waals surface area contributed by atoms with E-state index in [-0.39, 0.29) is 11.4 Å². The van der Waals surface area contributed by atoms with Crippen LogP contribution < -0.4 is 5.32 Å². The van der Waals surface area contributed by atoms with E-state index < -0.39 is 11.6 Å². The van der Waals surface area contributed by atoms with Crippen LogP contribution in [0.1, 0.15) is 42.4 Å². The van der Waals surface area contributed by atoms with Crippen LogP contribution in [-0.2, 0) is 4.74 Å². The summed E-state index contributed by atoms with van der Waals surface area (Å²) in [6.07, 6.45) is 0. The van der Waals surface area contributed by atoms with E-state index in [0.29, 0.717) is 24.4 Å². The number of nitrogens with zero attached hydrogens (tertiary/aromatic N) is 2. The lowest BCUT2D eigenvalue weighted by Crippen LogP contribution is -2.34. The first kappa shape index (κ1) is 15.4. The van der Waals surface area contributed by atoms with Crippen LogP contribution in [0.15, 0.2) is 0 Å².